The molecule has 1 aliphatic heterocycles. The molecule has 3 nitrogen and oxygen atoms in total. The highest BCUT2D eigenvalue weighted by Crippen LogP contribution is 2.03. The normalized spacial score (nSPS) is 20.5. The molecule has 0 N–H and O–H groups in total. The molecule has 5 heteroatoms. The molecule has 0 aliphatic carbocycles. The summed E-state index contributed by atoms with van der Waals surface area (Å²) < 4.78 is 15.2. The summed E-state index contributed by atoms with van der Waals surface area (Å²) in [6.45, 7) is 1.40. The SMILES string of the molecule is S=C(S)OC1COCOC1. The molecule has 1 aliphatic rings. The number of thiol groups is 1. The summed E-state index contributed by atoms with van der Waals surface area (Å²) >= 11 is 8.41. The van der Waals surface area contributed by atoms with Gasteiger partial charge in [0.2, 0.25) is 4.38 Å². The Labute approximate surface area is 70.0 Å². The lowest BCUT2D eigenvalue weighted by Gasteiger charge is -2.22. The zero-order chi connectivity index (χ0) is 7.40. The molecule has 0 radical (unpaired) electrons. The molecule has 0 unspecified atom stereocenters. The summed E-state index contributed by atoms with van der Waals surface area (Å²) in [5, 5.41) is 0. The van der Waals surface area contributed by atoms with Crippen molar-refractivity contribution >= 4 is 29.2 Å². The van der Waals surface area contributed by atoms with Crippen LogP contribution in [0.25, 0.3) is 0 Å². The van der Waals surface area contributed by atoms with E-state index < -0.39 is 0 Å². The molecule has 1 saturated heterocycles. The minimum Gasteiger partial charge on any atom is -0.471 e. The minimum absolute atomic E-state index is 0.0845. The van der Waals surface area contributed by atoms with Gasteiger partial charge in [-0.1, -0.05) is 12.6 Å². The van der Waals surface area contributed by atoms with Crippen molar-refractivity contribution in [3.05, 3.63) is 0 Å². The van der Waals surface area contributed by atoms with Gasteiger partial charge in [-0.2, -0.15) is 0 Å². The van der Waals surface area contributed by atoms with Gasteiger partial charge >= 0.3 is 0 Å². The van der Waals surface area contributed by atoms with Gasteiger partial charge in [0.25, 0.3) is 0 Å². The second-order valence-electron chi connectivity index (χ2n) is 1.87. The van der Waals surface area contributed by atoms with Crippen LogP contribution in [-0.2, 0) is 14.2 Å². The molecule has 0 spiro atoms. The van der Waals surface area contributed by atoms with Crippen LogP contribution in [0.15, 0.2) is 0 Å². The van der Waals surface area contributed by atoms with Crippen molar-refractivity contribution in [3.63, 3.8) is 0 Å². The lowest BCUT2D eigenvalue weighted by molar-refractivity contribution is -0.145. The minimum atomic E-state index is -0.0845. The molecular weight excluding hydrogens is 172 g/mol. The van der Waals surface area contributed by atoms with Crippen LogP contribution in [0.2, 0.25) is 0 Å². The third-order valence-corrected chi connectivity index (χ3v) is 1.24. The fourth-order valence-corrected chi connectivity index (χ4v) is 0.962. The second kappa shape index (κ2) is 4.12. The van der Waals surface area contributed by atoms with E-state index in [1.165, 1.54) is 0 Å². The van der Waals surface area contributed by atoms with E-state index >= 15 is 0 Å². The van der Waals surface area contributed by atoms with Crippen molar-refractivity contribution in [3.8, 4) is 0 Å². The predicted molar refractivity (Wildman–Crippen MR) is 43.2 cm³/mol. The second-order valence-corrected chi connectivity index (χ2v) is 2.94. The first-order valence-electron chi connectivity index (χ1n) is 2.84. The average Bonchev–Trinajstić information content (AvgIpc) is 1.88. The van der Waals surface area contributed by atoms with E-state index in [4.69, 9.17) is 14.2 Å². The van der Waals surface area contributed by atoms with E-state index in [9.17, 15) is 0 Å². The first kappa shape index (κ1) is 8.26. The Morgan fingerprint density at radius 1 is 1.50 bits per heavy atom. The van der Waals surface area contributed by atoms with Crippen LogP contribution in [0.4, 0.5) is 0 Å². The Hall–Kier alpha value is 0.160. The third kappa shape index (κ3) is 2.83. The van der Waals surface area contributed by atoms with Gasteiger partial charge in [-0.05, 0) is 12.2 Å². The van der Waals surface area contributed by atoms with Crippen LogP contribution in [0.5, 0.6) is 0 Å². The molecule has 0 aromatic rings. The lowest BCUT2D eigenvalue weighted by Crippen LogP contribution is -2.32. The monoisotopic (exact) mass is 180 g/mol. The Bertz CT molecular complexity index is 122. The smallest absolute Gasteiger partial charge is 0.217 e. The first-order chi connectivity index (χ1) is 4.79. The number of ether oxygens (including phenoxy) is 3. The fraction of sp³-hybridized carbons (Fsp3) is 0.800. The van der Waals surface area contributed by atoms with Crippen molar-refractivity contribution < 1.29 is 14.2 Å². The molecule has 58 valence electrons. The van der Waals surface area contributed by atoms with Gasteiger partial charge in [0.05, 0.1) is 13.2 Å². The van der Waals surface area contributed by atoms with Crippen LogP contribution in [0.3, 0.4) is 0 Å². The molecular formula is C5H8O3S2. The highest BCUT2D eigenvalue weighted by molar-refractivity contribution is 8.10. The van der Waals surface area contributed by atoms with Gasteiger partial charge in [-0.3, -0.25) is 0 Å². The fourth-order valence-electron chi connectivity index (χ4n) is 0.677. The number of hydrogen-bond donors (Lipinski definition) is 1. The number of thiocarbonyl (C=S) groups is 1. The van der Waals surface area contributed by atoms with Crippen LogP contribution >= 0.6 is 24.8 Å². The molecule has 1 fully saturated rings. The molecule has 1 rings (SSSR count). The zero-order valence-electron chi connectivity index (χ0n) is 5.28. The Balaban J connectivity index is 2.19. The molecule has 1 heterocycles. The van der Waals surface area contributed by atoms with Crippen LogP contribution < -0.4 is 0 Å². The largest absolute Gasteiger partial charge is 0.471 e. The summed E-state index contributed by atoms with van der Waals surface area (Å²) in [5.74, 6) is 0. The molecule has 0 amide bonds. The topological polar surface area (TPSA) is 27.7 Å². The van der Waals surface area contributed by atoms with E-state index in [0.717, 1.165) is 0 Å². The average molecular weight is 180 g/mol. The maximum Gasteiger partial charge on any atom is 0.217 e. The number of rotatable bonds is 1. The van der Waals surface area contributed by atoms with Gasteiger partial charge in [-0.25, -0.2) is 0 Å². The molecule has 10 heavy (non-hydrogen) atoms. The molecule has 0 atom stereocenters. The summed E-state index contributed by atoms with van der Waals surface area (Å²) in [6, 6.07) is 0. The highest BCUT2D eigenvalue weighted by Gasteiger charge is 2.15. The van der Waals surface area contributed by atoms with Crippen molar-refractivity contribution in [2.75, 3.05) is 20.0 Å². The van der Waals surface area contributed by atoms with Crippen molar-refractivity contribution in [1.82, 2.24) is 0 Å². The van der Waals surface area contributed by atoms with E-state index in [0.29, 0.717) is 20.0 Å². The molecule has 0 aromatic carbocycles. The van der Waals surface area contributed by atoms with Gasteiger partial charge in [-0.15, -0.1) is 0 Å². The van der Waals surface area contributed by atoms with Crippen molar-refractivity contribution in [1.29, 1.82) is 0 Å². The van der Waals surface area contributed by atoms with Crippen LogP contribution in [0.1, 0.15) is 0 Å². The summed E-state index contributed by atoms with van der Waals surface area (Å²) in [5.41, 5.74) is 0. The molecule has 0 bridgehead atoms. The lowest BCUT2D eigenvalue weighted by atomic mass is 10.4. The van der Waals surface area contributed by atoms with E-state index in [-0.39, 0.29) is 10.5 Å². The molecule has 0 aromatic heterocycles. The molecule has 0 saturated carbocycles. The van der Waals surface area contributed by atoms with Crippen LogP contribution in [-0.4, -0.2) is 30.5 Å². The predicted octanol–water partition coefficient (Wildman–Crippen LogP) is 0.591. The maximum atomic E-state index is 5.04. The van der Waals surface area contributed by atoms with E-state index in [2.05, 4.69) is 24.8 Å². The zero-order valence-corrected chi connectivity index (χ0v) is 6.99. The Kier molecular flexibility index (Phi) is 3.41. The quantitative estimate of drug-likeness (QED) is 0.472. The summed E-state index contributed by atoms with van der Waals surface area (Å²) in [7, 11) is 0. The van der Waals surface area contributed by atoms with Gasteiger partial charge in [0.1, 0.15) is 12.9 Å². The number of hydrogen-bond acceptors (Lipinski definition) is 4. The van der Waals surface area contributed by atoms with E-state index in [1.54, 1.807) is 0 Å². The van der Waals surface area contributed by atoms with Crippen molar-refractivity contribution in [2.24, 2.45) is 0 Å². The highest BCUT2D eigenvalue weighted by atomic mass is 32.1. The van der Waals surface area contributed by atoms with Gasteiger partial charge < -0.3 is 14.2 Å². The van der Waals surface area contributed by atoms with Gasteiger partial charge in [0, 0.05) is 0 Å². The summed E-state index contributed by atoms with van der Waals surface area (Å²) in [6.07, 6.45) is -0.0845. The van der Waals surface area contributed by atoms with Crippen LogP contribution in [0, 0.1) is 0 Å². The van der Waals surface area contributed by atoms with E-state index in [1.807, 2.05) is 0 Å². The standard InChI is InChI=1S/C5H8O3S2/c9-5(10)8-4-1-6-3-7-2-4/h4H,1-3H2,(H,9,10). The first-order valence-corrected chi connectivity index (χ1v) is 3.69. The Morgan fingerprint density at radius 3 is 2.60 bits per heavy atom. The summed E-state index contributed by atoms with van der Waals surface area (Å²) in [4.78, 5) is 0. The third-order valence-electron chi connectivity index (χ3n) is 1.04. The van der Waals surface area contributed by atoms with Crippen molar-refractivity contribution in [2.45, 2.75) is 6.10 Å². The Morgan fingerprint density at radius 2 is 2.10 bits per heavy atom. The maximum absolute atomic E-state index is 5.04. The van der Waals surface area contributed by atoms with Gasteiger partial charge in [0.15, 0.2) is 0 Å².